The molecule has 0 N–H and O–H groups in total. The summed E-state index contributed by atoms with van der Waals surface area (Å²) in [6.45, 7) is 6.94. The highest BCUT2D eigenvalue weighted by molar-refractivity contribution is 7.15. The summed E-state index contributed by atoms with van der Waals surface area (Å²) in [6, 6.07) is 5.79. The van der Waals surface area contributed by atoms with Gasteiger partial charge in [0.15, 0.2) is 11.6 Å². The molecule has 0 radical (unpaired) electrons. The van der Waals surface area contributed by atoms with Crippen molar-refractivity contribution < 1.29 is 9.47 Å². The minimum absolute atomic E-state index is 0.146. The van der Waals surface area contributed by atoms with E-state index in [-0.39, 0.29) is 18.6 Å². The van der Waals surface area contributed by atoms with Gasteiger partial charge in [-0.05, 0) is 23.6 Å². The Hall–Kier alpha value is -3.12. The second-order valence-electron chi connectivity index (χ2n) is 7.58. The van der Waals surface area contributed by atoms with Crippen LogP contribution in [-0.2, 0) is 18.6 Å². The summed E-state index contributed by atoms with van der Waals surface area (Å²) in [5, 5.41) is 24.9. The summed E-state index contributed by atoms with van der Waals surface area (Å²) in [4.78, 5) is 1.49. The van der Waals surface area contributed by atoms with Gasteiger partial charge in [-0.2, -0.15) is 19.2 Å². The number of hydrogen-bond donors (Lipinski definition) is 0. The molecular formula is C18H18N8O2S2. The van der Waals surface area contributed by atoms with E-state index in [1.165, 1.54) is 22.7 Å². The largest absolute Gasteiger partial charge is 0.486 e. The Kier molecular flexibility index (Phi) is 4.59. The van der Waals surface area contributed by atoms with Crippen molar-refractivity contribution in [2.45, 2.75) is 39.4 Å². The van der Waals surface area contributed by atoms with E-state index in [4.69, 9.17) is 9.47 Å². The van der Waals surface area contributed by atoms with Gasteiger partial charge in [0.25, 0.3) is 0 Å². The molecule has 10 nitrogen and oxygen atoms in total. The first-order valence-corrected chi connectivity index (χ1v) is 10.9. The predicted molar refractivity (Wildman–Crippen MR) is 111 cm³/mol. The van der Waals surface area contributed by atoms with E-state index < -0.39 is 0 Å². The average Bonchev–Trinajstić information content (AvgIpc) is 3.47. The highest BCUT2D eigenvalue weighted by Gasteiger charge is 2.21. The fourth-order valence-electron chi connectivity index (χ4n) is 2.99. The zero-order chi connectivity index (χ0) is 20.7. The van der Waals surface area contributed by atoms with Crippen LogP contribution in [0.4, 0.5) is 0 Å². The van der Waals surface area contributed by atoms with Gasteiger partial charge in [0.05, 0.1) is 0 Å². The van der Waals surface area contributed by atoms with E-state index in [9.17, 15) is 0 Å². The molecule has 0 unspecified atom stereocenters. The fraction of sp³-hybridized carbons (Fsp3) is 0.333. The van der Waals surface area contributed by atoms with E-state index >= 15 is 0 Å². The van der Waals surface area contributed by atoms with Crippen LogP contribution in [0.2, 0.25) is 0 Å². The number of rotatable bonds is 6. The molecule has 0 atom stereocenters. The van der Waals surface area contributed by atoms with Crippen molar-refractivity contribution in [1.29, 1.82) is 0 Å². The Bertz CT molecular complexity index is 1310. The number of hydrogen-bond acceptors (Lipinski definition) is 10. The van der Waals surface area contributed by atoms with Gasteiger partial charge < -0.3 is 9.47 Å². The van der Waals surface area contributed by atoms with Gasteiger partial charge in [-0.3, -0.25) is 0 Å². The minimum Gasteiger partial charge on any atom is -0.486 e. The first-order valence-electron chi connectivity index (χ1n) is 9.17. The van der Waals surface area contributed by atoms with E-state index in [0.717, 1.165) is 27.0 Å². The lowest BCUT2D eigenvalue weighted by molar-refractivity contribution is 0.277. The van der Waals surface area contributed by atoms with Gasteiger partial charge in [0, 0.05) is 5.56 Å². The first-order chi connectivity index (χ1) is 14.5. The zero-order valence-corrected chi connectivity index (χ0v) is 18.1. The lowest BCUT2D eigenvalue weighted by atomic mass is 9.86. The van der Waals surface area contributed by atoms with Crippen LogP contribution in [-0.4, -0.2) is 39.6 Å². The van der Waals surface area contributed by atoms with Gasteiger partial charge in [-0.25, -0.2) is 0 Å². The molecule has 0 amide bonds. The van der Waals surface area contributed by atoms with Gasteiger partial charge >= 0.3 is 0 Å². The lowest BCUT2D eigenvalue weighted by Crippen LogP contribution is -2.14. The van der Waals surface area contributed by atoms with Crippen molar-refractivity contribution in [3.8, 4) is 11.5 Å². The number of nitrogens with zero attached hydrogens (tertiary/aromatic N) is 8. The van der Waals surface area contributed by atoms with E-state index in [1.54, 1.807) is 20.1 Å². The number of ether oxygens (including phenoxy) is 2. The summed E-state index contributed by atoms with van der Waals surface area (Å²) in [6.07, 6.45) is 0. The Balaban J connectivity index is 1.35. The van der Waals surface area contributed by atoms with Crippen LogP contribution in [0.15, 0.2) is 29.2 Å². The minimum atomic E-state index is -0.146. The van der Waals surface area contributed by atoms with Crippen molar-refractivity contribution in [3.63, 3.8) is 0 Å². The second-order valence-corrected chi connectivity index (χ2v) is 9.21. The van der Waals surface area contributed by atoms with Gasteiger partial charge in [-0.1, -0.05) is 43.4 Å². The molecule has 12 heteroatoms. The third-order valence-electron chi connectivity index (χ3n) is 4.48. The number of benzene rings is 1. The third kappa shape index (κ3) is 3.48. The first kappa shape index (κ1) is 18.9. The highest BCUT2D eigenvalue weighted by Crippen LogP contribution is 2.35. The van der Waals surface area contributed by atoms with Gasteiger partial charge in [0.1, 0.15) is 35.7 Å². The normalized spacial score (nSPS) is 12.1. The van der Waals surface area contributed by atoms with E-state index in [1.807, 2.05) is 18.2 Å². The van der Waals surface area contributed by atoms with E-state index in [0.29, 0.717) is 11.6 Å². The molecule has 0 spiro atoms. The molecule has 0 saturated carbocycles. The quantitative estimate of drug-likeness (QED) is 0.395. The van der Waals surface area contributed by atoms with Gasteiger partial charge in [-0.15, -0.1) is 20.4 Å². The Morgan fingerprint density at radius 1 is 0.833 bits per heavy atom. The van der Waals surface area contributed by atoms with Crippen LogP contribution in [0.25, 0.3) is 9.92 Å². The number of fused-ring (bicyclic) bond motifs is 2. The van der Waals surface area contributed by atoms with Crippen LogP contribution in [0.5, 0.6) is 11.5 Å². The maximum atomic E-state index is 6.09. The Labute approximate surface area is 179 Å². The molecule has 0 aliphatic heterocycles. The molecule has 5 aromatic rings. The van der Waals surface area contributed by atoms with Crippen molar-refractivity contribution in [2.75, 3.05) is 0 Å². The Morgan fingerprint density at radius 2 is 1.43 bits per heavy atom. The second kappa shape index (κ2) is 7.29. The van der Waals surface area contributed by atoms with Crippen LogP contribution in [0.3, 0.4) is 0 Å². The molecule has 0 bridgehead atoms. The summed E-state index contributed by atoms with van der Waals surface area (Å²) in [5.41, 5.74) is 4.34. The standard InChI is InChI=1S/C18H18N8O2S2/c1-18(2,3)12-6-11(27-7-14-21-23-16-25(14)19-9-29-16)4-5-13(12)28-8-15-22-24-17-26(15)20-10-30-17/h4-6,9-10H,7-8H2,1-3H3. The molecule has 154 valence electrons. The van der Waals surface area contributed by atoms with E-state index in [2.05, 4.69) is 51.4 Å². The number of aromatic nitrogens is 8. The van der Waals surface area contributed by atoms with Crippen molar-refractivity contribution in [2.24, 2.45) is 0 Å². The maximum absolute atomic E-state index is 6.09. The fourth-order valence-corrected chi connectivity index (χ4v) is 4.14. The van der Waals surface area contributed by atoms with Crippen molar-refractivity contribution >= 4 is 32.6 Å². The summed E-state index contributed by atoms with van der Waals surface area (Å²) >= 11 is 2.87. The maximum Gasteiger partial charge on any atom is 0.234 e. The topological polar surface area (TPSA) is 105 Å². The van der Waals surface area contributed by atoms with Crippen LogP contribution < -0.4 is 9.47 Å². The molecule has 0 saturated heterocycles. The third-order valence-corrected chi connectivity index (χ3v) is 5.81. The molecule has 5 rings (SSSR count). The average molecular weight is 443 g/mol. The highest BCUT2D eigenvalue weighted by atomic mass is 32.1. The molecule has 0 aliphatic rings. The summed E-state index contributed by atoms with van der Waals surface area (Å²) in [7, 11) is 0. The van der Waals surface area contributed by atoms with Crippen molar-refractivity contribution in [1.82, 2.24) is 39.6 Å². The predicted octanol–water partition coefficient (Wildman–Crippen LogP) is 3.14. The molecule has 0 aliphatic carbocycles. The van der Waals surface area contributed by atoms with Crippen LogP contribution >= 0.6 is 22.7 Å². The van der Waals surface area contributed by atoms with Crippen LogP contribution in [0, 0.1) is 0 Å². The molecule has 4 heterocycles. The monoisotopic (exact) mass is 442 g/mol. The SMILES string of the molecule is CC(C)(C)c1cc(OCc2nnc3scnn23)ccc1OCc1nnc2scnn12. The molecule has 4 aromatic heterocycles. The smallest absolute Gasteiger partial charge is 0.234 e. The van der Waals surface area contributed by atoms with Crippen LogP contribution in [0.1, 0.15) is 38.0 Å². The molecule has 1 aromatic carbocycles. The summed E-state index contributed by atoms with van der Waals surface area (Å²) < 4.78 is 15.4. The lowest BCUT2D eigenvalue weighted by Gasteiger charge is -2.23. The molecule has 0 fully saturated rings. The molecular weight excluding hydrogens is 424 g/mol. The molecule has 30 heavy (non-hydrogen) atoms. The van der Waals surface area contributed by atoms with Crippen molar-refractivity contribution in [3.05, 3.63) is 46.4 Å². The zero-order valence-electron chi connectivity index (χ0n) is 16.5. The summed E-state index contributed by atoms with van der Waals surface area (Å²) in [5.74, 6) is 2.81. The Morgan fingerprint density at radius 3 is 2.03 bits per heavy atom. The van der Waals surface area contributed by atoms with Gasteiger partial charge in [0.2, 0.25) is 9.92 Å².